The highest BCUT2D eigenvalue weighted by molar-refractivity contribution is 9.10. The molecule has 1 N–H and O–H groups in total. The Kier molecular flexibility index (Phi) is 7.01. The highest BCUT2D eigenvalue weighted by atomic mass is 79.9. The second-order valence-electron chi connectivity index (χ2n) is 6.83. The van der Waals surface area contributed by atoms with E-state index in [1.807, 2.05) is 24.3 Å². The molecule has 7 heteroatoms. The van der Waals surface area contributed by atoms with Crippen LogP contribution in [-0.4, -0.2) is 43.3 Å². The molecular weight excluding hydrogens is 490 g/mol. The number of aliphatic carboxylic acids is 1. The van der Waals surface area contributed by atoms with Crippen molar-refractivity contribution >= 4 is 37.8 Å². The number of carbonyl (C=O) groups is 1. The lowest BCUT2D eigenvalue weighted by Gasteiger charge is -2.37. The maximum atomic E-state index is 11.4. The number of ether oxygens (including phenoxy) is 2. The van der Waals surface area contributed by atoms with Crippen molar-refractivity contribution in [2.45, 2.75) is 18.9 Å². The van der Waals surface area contributed by atoms with Gasteiger partial charge in [0, 0.05) is 8.95 Å². The summed E-state index contributed by atoms with van der Waals surface area (Å²) in [6, 6.07) is 12.2. The Labute approximate surface area is 181 Å². The molecule has 0 aliphatic carbocycles. The Morgan fingerprint density at radius 3 is 2.18 bits per heavy atom. The molecule has 0 bridgehead atoms. The zero-order valence-corrected chi connectivity index (χ0v) is 19.0. The van der Waals surface area contributed by atoms with Gasteiger partial charge in [0.25, 0.3) is 0 Å². The van der Waals surface area contributed by atoms with E-state index >= 15 is 0 Å². The average molecular weight is 513 g/mol. The van der Waals surface area contributed by atoms with Crippen LogP contribution in [0.15, 0.2) is 45.3 Å². The predicted molar refractivity (Wildman–Crippen MR) is 115 cm³/mol. The summed E-state index contributed by atoms with van der Waals surface area (Å²) < 4.78 is 12.9. The first-order valence-corrected chi connectivity index (χ1v) is 10.7. The van der Waals surface area contributed by atoms with Gasteiger partial charge in [-0.1, -0.05) is 44.0 Å². The van der Waals surface area contributed by atoms with Gasteiger partial charge in [-0.25, -0.2) is 0 Å². The first-order chi connectivity index (χ1) is 13.4. The second kappa shape index (κ2) is 9.29. The summed E-state index contributed by atoms with van der Waals surface area (Å²) in [5.74, 6) is 0.364. The monoisotopic (exact) mass is 511 g/mol. The molecule has 1 heterocycles. The molecule has 150 valence electrons. The van der Waals surface area contributed by atoms with Crippen LogP contribution in [0.5, 0.6) is 11.5 Å². The fraction of sp³-hybridized carbons (Fsp3) is 0.381. The molecule has 0 spiro atoms. The first-order valence-electron chi connectivity index (χ1n) is 9.08. The highest BCUT2D eigenvalue weighted by Gasteiger charge is 2.31. The molecule has 1 saturated heterocycles. The van der Waals surface area contributed by atoms with Crippen molar-refractivity contribution in [1.82, 2.24) is 4.90 Å². The minimum atomic E-state index is -0.702. The average Bonchev–Trinajstić information content (AvgIpc) is 2.70. The lowest BCUT2D eigenvalue weighted by atomic mass is 9.91. The molecule has 1 aliphatic rings. The molecule has 0 aromatic heterocycles. The summed E-state index contributed by atoms with van der Waals surface area (Å²) in [6.07, 6.45) is 1.29. The largest absolute Gasteiger partial charge is 0.493 e. The highest BCUT2D eigenvalue weighted by Crippen LogP contribution is 2.41. The van der Waals surface area contributed by atoms with E-state index < -0.39 is 5.97 Å². The predicted octanol–water partition coefficient (Wildman–Crippen LogP) is 5.11. The van der Waals surface area contributed by atoms with Gasteiger partial charge in [-0.3, -0.25) is 9.69 Å². The van der Waals surface area contributed by atoms with Crippen LogP contribution in [0.3, 0.4) is 0 Å². The number of nitrogens with zero attached hydrogens (tertiary/aromatic N) is 1. The number of piperidine rings is 1. The van der Waals surface area contributed by atoms with Crippen LogP contribution in [0.1, 0.15) is 30.0 Å². The number of carboxylic acid groups (broad SMARTS) is 1. The fourth-order valence-corrected chi connectivity index (χ4v) is 4.52. The third-order valence-electron chi connectivity index (χ3n) is 5.23. The third kappa shape index (κ3) is 4.53. The summed E-state index contributed by atoms with van der Waals surface area (Å²) in [6.45, 7) is 1.44. The minimum Gasteiger partial charge on any atom is -0.493 e. The zero-order valence-electron chi connectivity index (χ0n) is 15.8. The number of halogens is 2. The SMILES string of the molecule is COc1cc(Br)c(C(c2ccc(Br)cc2)N2CCC(C(=O)O)CC2)cc1OC. The summed E-state index contributed by atoms with van der Waals surface area (Å²) in [5, 5.41) is 9.34. The first kappa shape index (κ1) is 21.1. The van der Waals surface area contributed by atoms with Crippen LogP contribution >= 0.6 is 31.9 Å². The van der Waals surface area contributed by atoms with Gasteiger partial charge in [-0.15, -0.1) is 0 Å². The Hall–Kier alpha value is -1.57. The van der Waals surface area contributed by atoms with E-state index in [1.54, 1.807) is 14.2 Å². The van der Waals surface area contributed by atoms with E-state index in [9.17, 15) is 9.90 Å². The minimum absolute atomic E-state index is 0.0166. The Balaban J connectivity index is 2.02. The molecule has 0 saturated carbocycles. The van der Waals surface area contributed by atoms with Crippen LogP contribution < -0.4 is 9.47 Å². The molecule has 3 rings (SSSR count). The van der Waals surface area contributed by atoms with Gasteiger partial charge in [-0.05, 0) is 61.3 Å². The van der Waals surface area contributed by atoms with Crippen LogP contribution in [0.2, 0.25) is 0 Å². The molecule has 0 amide bonds. The van der Waals surface area contributed by atoms with E-state index in [-0.39, 0.29) is 12.0 Å². The lowest BCUT2D eigenvalue weighted by molar-refractivity contribution is -0.143. The van der Waals surface area contributed by atoms with Crippen LogP contribution in [0.4, 0.5) is 0 Å². The normalized spacial score (nSPS) is 16.6. The van der Waals surface area contributed by atoms with E-state index in [1.165, 1.54) is 0 Å². The molecule has 1 atom stereocenters. The number of hydrogen-bond acceptors (Lipinski definition) is 4. The van der Waals surface area contributed by atoms with Crippen LogP contribution in [0.25, 0.3) is 0 Å². The van der Waals surface area contributed by atoms with E-state index in [0.29, 0.717) is 24.3 Å². The Morgan fingerprint density at radius 1 is 1.07 bits per heavy atom. The zero-order chi connectivity index (χ0) is 20.3. The van der Waals surface area contributed by atoms with Gasteiger partial charge in [0.15, 0.2) is 11.5 Å². The third-order valence-corrected chi connectivity index (χ3v) is 6.44. The van der Waals surface area contributed by atoms with Crippen molar-refractivity contribution in [2.24, 2.45) is 5.92 Å². The van der Waals surface area contributed by atoms with Gasteiger partial charge < -0.3 is 14.6 Å². The smallest absolute Gasteiger partial charge is 0.306 e. The van der Waals surface area contributed by atoms with Crippen LogP contribution in [0, 0.1) is 5.92 Å². The molecule has 2 aromatic carbocycles. The Morgan fingerprint density at radius 2 is 1.64 bits per heavy atom. The van der Waals surface area contributed by atoms with Crippen molar-refractivity contribution < 1.29 is 19.4 Å². The van der Waals surface area contributed by atoms with E-state index in [2.05, 4.69) is 48.9 Å². The molecular formula is C21H23Br2NO4. The van der Waals surface area contributed by atoms with Gasteiger partial charge in [-0.2, -0.15) is 0 Å². The van der Waals surface area contributed by atoms with Crippen LogP contribution in [-0.2, 0) is 4.79 Å². The van der Waals surface area contributed by atoms with Gasteiger partial charge in [0.05, 0.1) is 26.2 Å². The number of carboxylic acids is 1. The molecule has 5 nitrogen and oxygen atoms in total. The topological polar surface area (TPSA) is 59.0 Å². The molecule has 2 aromatic rings. The number of methoxy groups -OCH3 is 2. The van der Waals surface area contributed by atoms with E-state index in [0.717, 1.165) is 33.2 Å². The van der Waals surface area contributed by atoms with Crippen molar-refractivity contribution in [2.75, 3.05) is 27.3 Å². The maximum Gasteiger partial charge on any atom is 0.306 e. The molecule has 1 fully saturated rings. The molecule has 0 radical (unpaired) electrons. The number of likely N-dealkylation sites (tertiary alicyclic amines) is 1. The lowest BCUT2D eigenvalue weighted by Crippen LogP contribution is -2.39. The number of hydrogen-bond donors (Lipinski definition) is 1. The second-order valence-corrected chi connectivity index (χ2v) is 8.60. The number of rotatable bonds is 6. The summed E-state index contributed by atoms with van der Waals surface area (Å²) in [4.78, 5) is 13.7. The molecule has 1 aliphatic heterocycles. The van der Waals surface area contributed by atoms with E-state index in [4.69, 9.17) is 9.47 Å². The van der Waals surface area contributed by atoms with Crippen molar-refractivity contribution in [3.63, 3.8) is 0 Å². The maximum absolute atomic E-state index is 11.4. The summed E-state index contributed by atoms with van der Waals surface area (Å²) in [5.41, 5.74) is 2.21. The molecule has 28 heavy (non-hydrogen) atoms. The Bertz CT molecular complexity index is 833. The van der Waals surface area contributed by atoms with Gasteiger partial charge in [0.1, 0.15) is 0 Å². The number of benzene rings is 2. The van der Waals surface area contributed by atoms with Crippen molar-refractivity contribution in [1.29, 1.82) is 0 Å². The molecule has 1 unspecified atom stereocenters. The fourth-order valence-electron chi connectivity index (χ4n) is 3.72. The van der Waals surface area contributed by atoms with Gasteiger partial charge >= 0.3 is 5.97 Å². The quantitative estimate of drug-likeness (QED) is 0.582. The summed E-state index contributed by atoms with van der Waals surface area (Å²) in [7, 11) is 3.25. The van der Waals surface area contributed by atoms with Crippen molar-refractivity contribution in [3.05, 3.63) is 56.5 Å². The standard InChI is InChI=1S/C21H23Br2NO4/c1-27-18-11-16(17(23)12-19(18)28-2)20(13-3-5-15(22)6-4-13)24-9-7-14(8-10-24)21(25)26/h3-6,11-12,14,20H,7-10H2,1-2H3,(H,25,26). The van der Waals surface area contributed by atoms with Crippen molar-refractivity contribution in [3.8, 4) is 11.5 Å². The summed E-state index contributed by atoms with van der Waals surface area (Å²) >= 11 is 7.20. The van der Waals surface area contributed by atoms with Gasteiger partial charge in [0.2, 0.25) is 0 Å².